The molecular weight excluding hydrogens is 666 g/mol. The minimum absolute atomic E-state index is 0.461. The minimum atomic E-state index is -6.55. The van der Waals surface area contributed by atoms with Crippen molar-refractivity contribution < 1.29 is 75.3 Å². The molecule has 1 unspecified atom stereocenters. The molecule has 0 heterocycles. The van der Waals surface area contributed by atoms with Gasteiger partial charge < -0.3 is 10.4 Å². The summed E-state index contributed by atoms with van der Waals surface area (Å²) in [6.07, 6.45) is -6.55. The highest BCUT2D eigenvalue weighted by atomic mass is 19.2. The van der Waals surface area contributed by atoms with Gasteiger partial charge in [-0.1, -0.05) is 46.7 Å². The first-order chi connectivity index (χ1) is 21.3. The Bertz CT molecular complexity index is 1680. The maximum absolute atomic E-state index is 15.5. The Morgan fingerprint density at radius 1 is 0.500 bits per heavy atom. The van der Waals surface area contributed by atoms with Crippen LogP contribution in [0.25, 0.3) is 0 Å². The molecule has 1 atom stereocenters. The summed E-state index contributed by atoms with van der Waals surface area (Å²) < 4.78 is 227. The topological polar surface area (TPSA) is 52.3 Å². The highest BCUT2D eigenvalue weighted by Crippen LogP contribution is 2.30. The molecule has 0 radical (unpaired) electrons. The first-order valence-corrected chi connectivity index (χ1v) is 12.0. The van der Waals surface area contributed by atoms with Crippen molar-refractivity contribution in [2.24, 2.45) is 5.73 Å². The van der Waals surface area contributed by atoms with Crippen LogP contribution < -0.4 is 22.1 Å². The second kappa shape index (κ2) is 11.6. The van der Waals surface area contributed by atoms with Gasteiger partial charge in [0.15, 0.2) is 52.4 Å². The number of carbonyl (C=O) groups excluding carboxylic acids is 1. The van der Waals surface area contributed by atoms with Gasteiger partial charge in [-0.25, -0.2) is 65.9 Å². The van der Waals surface area contributed by atoms with Crippen LogP contribution in [0.3, 0.4) is 0 Å². The van der Waals surface area contributed by atoms with Crippen LogP contribution in [0.1, 0.15) is 12.5 Å². The summed E-state index contributed by atoms with van der Waals surface area (Å²) in [7, 11) is 0. The lowest BCUT2D eigenvalue weighted by molar-refractivity contribution is -0.140. The van der Waals surface area contributed by atoms with E-state index in [-0.39, 0.29) is 0 Å². The third-order valence-electron chi connectivity index (χ3n) is 7.03. The van der Waals surface area contributed by atoms with Gasteiger partial charge in [0.2, 0.25) is 0 Å². The van der Waals surface area contributed by atoms with Crippen molar-refractivity contribution in [3.05, 3.63) is 123 Å². The first-order valence-electron chi connectivity index (χ1n) is 12.0. The molecule has 4 aromatic carbocycles. The monoisotopic (exact) mass is 676 g/mol. The fraction of sp³-hybridized carbons (Fsp3) is 0.0741. The van der Waals surface area contributed by atoms with Crippen LogP contribution >= 0.6 is 0 Å². The number of rotatable bonds is 6. The SMILES string of the molecule is CC(N)(C(=O)O[B-](c1c(F)c(F)c(F)c(F)c1F)(c1c(F)c(F)c(F)c(F)c1F)c1c(F)c(F)c(F)c(F)c1F)c1ccccc1. The van der Waals surface area contributed by atoms with Gasteiger partial charge in [0.1, 0.15) is 40.4 Å². The second-order valence-corrected chi connectivity index (χ2v) is 9.71. The summed E-state index contributed by atoms with van der Waals surface area (Å²) in [5.74, 6) is -51.2. The third kappa shape index (κ3) is 4.75. The molecular formula is C27H10BF15NO2-. The minimum Gasteiger partial charge on any atom is -0.674 e. The van der Waals surface area contributed by atoms with Crippen molar-refractivity contribution in [2.75, 3.05) is 0 Å². The van der Waals surface area contributed by atoms with Gasteiger partial charge >= 0.3 is 0 Å². The Morgan fingerprint density at radius 2 is 0.739 bits per heavy atom. The number of hydrogen-bond donors (Lipinski definition) is 1. The highest BCUT2D eigenvalue weighted by Gasteiger charge is 2.52. The molecule has 0 aliphatic carbocycles. The van der Waals surface area contributed by atoms with Crippen molar-refractivity contribution in [1.29, 1.82) is 0 Å². The molecule has 46 heavy (non-hydrogen) atoms. The number of halogens is 15. The number of nitrogens with two attached hydrogens (primary N) is 1. The zero-order valence-corrected chi connectivity index (χ0v) is 22.0. The zero-order valence-electron chi connectivity index (χ0n) is 22.0. The van der Waals surface area contributed by atoms with E-state index in [4.69, 9.17) is 5.73 Å². The van der Waals surface area contributed by atoms with E-state index >= 15 is 26.3 Å². The van der Waals surface area contributed by atoms with E-state index in [9.17, 15) is 44.3 Å². The third-order valence-corrected chi connectivity index (χ3v) is 7.03. The molecule has 4 rings (SSSR count). The summed E-state index contributed by atoms with van der Waals surface area (Å²) in [6, 6.07) is 5.50. The van der Waals surface area contributed by atoms with Crippen LogP contribution in [0, 0.1) is 87.3 Å². The van der Waals surface area contributed by atoms with Crippen molar-refractivity contribution in [2.45, 2.75) is 12.5 Å². The highest BCUT2D eigenvalue weighted by molar-refractivity contribution is 7.08. The molecule has 0 spiro atoms. The van der Waals surface area contributed by atoms with Crippen LogP contribution in [0.5, 0.6) is 0 Å². The van der Waals surface area contributed by atoms with Crippen LogP contribution in [0.2, 0.25) is 0 Å². The molecule has 0 fully saturated rings. The fourth-order valence-corrected chi connectivity index (χ4v) is 4.73. The van der Waals surface area contributed by atoms with Gasteiger partial charge in [-0.15, -0.1) is 0 Å². The molecule has 19 heteroatoms. The maximum Gasteiger partial charge on any atom is 0.283 e. The Balaban J connectivity index is 2.42. The van der Waals surface area contributed by atoms with Crippen LogP contribution in [-0.4, -0.2) is 12.3 Å². The number of benzene rings is 4. The molecule has 0 bridgehead atoms. The van der Waals surface area contributed by atoms with E-state index in [1.165, 1.54) is 6.07 Å². The molecule has 0 saturated carbocycles. The molecule has 0 aliphatic rings. The van der Waals surface area contributed by atoms with Crippen molar-refractivity contribution in [3.8, 4) is 0 Å². The summed E-state index contributed by atoms with van der Waals surface area (Å²) in [4.78, 5) is 13.5. The Kier molecular flexibility index (Phi) is 8.62. The summed E-state index contributed by atoms with van der Waals surface area (Å²) in [5.41, 5.74) is -6.80. The second-order valence-electron chi connectivity index (χ2n) is 9.71. The van der Waals surface area contributed by atoms with Gasteiger partial charge in [0.05, 0.1) is 0 Å². The quantitative estimate of drug-likeness (QED) is 0.133. The molecule has 0 aromatic heterocycles. The van der Waals surface area contributed by atoms with Crippen molar-refractivity contribution in [1.82, 2.24) is 0 Å². The first kappa shape index (κ1) is 34.2. The molecule has 0 saturated heterocycles. The summed E-state index contributed by atoms with van der Waals surface area (Å²) in [6.45, 7) is 0.598. The number of carbonyl (C=O) groups is 1. The lowest BCUT2D eigenvalue weighted by Crippen LogP contribution is -2.76. The van der Waals surface area contributed by atoms with Crippen LogP contribution in [0.15, 0.2) is 30.3 Å². The van der Waals surface area contributed by atoms with E-state index in [0.717, 1.165) is 24.3 Å². The lowest BCUT2D eigenvalue weighted by Gasteiger charge is -2.45. The molecule has 0 amide bonds. The predicted octanol–water partition coefficient (Wildman–Crippen LogP) is 5.16. The predicted molar refractivity (Wildman–Crippen MR) is 127 cm³/mol. The van der Waals surface area contributed by atoms with E-state index in [0.29, 0.717) is 6.92 Å². The molecule has 4 aromatic rings. The molecule has 2 N–H and O–H groups in total. The van der Waals surface area contributed by atoms with E-state index in [1.807, 2.05) is 0 Å². The van der Waals surface area contributed by atoms with Gasteiger partial charge in [-0.3, -0.25) is 4.79 Å². The van der Waals surface area contributed by atoms with Crippen LogP contribution in [-0.2, 0) is 15.0 Å². The van der Waals surface area contributed by atoms with Crippen molar-refractivity contribution in [3.63, 3.8) is 0 Å². The zero-order chi connectivity index (χ0) is 34.8. The average molecular weight is 676 g/mol. The Hall–Kier alpha value is -4.68. The van der Waals surface area contributed by atoms with Gasteiger partial charge in [0.25, 0.3) is 12.3 Å². The van der Waals surface area contributed by atoms with E-state index in [2.05, 4.69) is 4.65 Å². The Labute approximate surface area is 245 Å². The molecule has 3 nitrogen and oxygen atoms in total. The Morgan fingerprint density at radius 3 is 1.00 bits per heavy atom. The fourth-order valence-electron chi connectivity index (χ4n) is 4.73. The normalized spacial score (nSPS) is 13.2. The standard InChI is InChI=1S/C27H10BF15NO2/c1-27(44,7-5-3-2-4-6-7)26(45)46-28(8-11(29)17(35)23(41)18(36)12(8)30,9-13(31)19(37)24(42)20(38)14(9)32)10-15(33)21(39)25(43)22(40)16(10)34/h2-6H,44H2,1H3/q-1. The van der Waals surface area contributed by atoms with E-state index < -0.39 is 127 Å². The lowest BCUT2D eigenvalue weighted by atomic mass is 9.27. The number of hydrogen-bond acceptors (Lipinski definition) is 3. The molecule has 0 aliphatic heterocycles. The van der Waals surface area contributed by atoms with E-state index in [1.54, 1.807) is 0 Å². The average Bonchev–Trinajstić information content (AvgIpc) is 3.03. The van der Waals surface area contributed by atoms with Gasteiger partial charge in [-0.05, 0) is 12.5 Å². The summed E-state index contributed by atoms with van der Waals surface area (Å²) in [5, 5.41) is 0. The van der Waals surface area contributed by atoms with Crippen molar-refractivity contribution >= 4 is 28.7 Å². The largest absolute Gasteiger partial charge is 0.674 e. The summed E-state index contributed by atoms with van der Waals surface area (Å²) >= 11 is 0. The maximum atomic E-state index is 15.5. The molecule has 244 valence electrons. The smallest absolute Gasteiger partial charge is 0.283 e. The van der Waals surface area contributed by atoms with Crippen LogP contribution in [0.4, 0.5) is 65.9 Å². The van der Waals surface area contributed by atoms with Gasteiger partial charge in [-0.2, -0.15) is 0 Å². The van der Waals surface area contributed by atoms with Gasteiger partial charge in [0, 0.05) is 0 Å².